The van der Waals surface area contributed by atoms with Crippen LogP contribution in [0.25, 0.3) is 5.69 Å². The molecule has 5 nitrogen and oxygen atoms in total. The molecule has 0 spiro atoms. The van der Waals surface area contributed by atoms with E-state index in [0.29, 0.717) is 5.69 Å². The van der Waals surface area contributed by atoms with E-state index in [9.17, 15) is 4.39 Å². The molecule has 0 saturated carbocycles. The van der Waals surface area contributed by atoms with Gasteiger partial charge in [0.05, 0.1) is 5.69 Å². The zero-order valence-corrected chi connectivity index (χ0v) is 9.88. The quantitative estimate of drug-likeness (QED) is 0.868. The second-order valence-electron chi connectivity index (χ2n) is 4.47. The molecule has 0 bridgehead atoms. The number of piperidine rings is 1. The van der Waals surface area contributed by atoms with Crippen LogP contribution in [0.3, 0.4) is 0 Å². The number of hydrogen-bond donors (Lipinski definition) is 1. The lowest BCUT2D eigenvalue weighted by molar-refractivity contribution is 0.440. The van der Waals surface area contributed by atoms with E-state index in [1.807, 2.05) is 0 Å². The number of hydrogen-bond acceptors (Lipinski definition) is 4. The normalized spacial score (nSPS) is 19.9. The summed E-state index contributed by atoms with van der Waals surface area (Å²) < 4.78 is 14.9. The van der Waals surface area contributed by atoms with Crippen LogP contribution < -0.4 is 5.32 Å². The van der Waals surface area contributed by atoms with Gasteiger partial charge >= 0.3 is 0 Å². The Labute approximate surface area is 104 Å². The van der Waals surface area contributed by atoms with E-state index < -0.39 is 0 Å². The topological polar surface area (TPSA) is 55.6 Å². The molecule has 2 heterocycles. The summed E-state index contributed by atoms with van der Waals surface area (Å²) in [4.78, 5) is 0. The highest BCUT2D eigenvalue weighted by Crippen LogP contribution is 2.22. The standard InChI is InChI=1S/C12H14FN5/c13-10-4-1-5-11(7-10)18-12(15-16-17-18)9-3-2-6-14-8-9/h1,4-5,7,9,14H,2-3,6,8H2. The molecule has 1 aliphatic heterocycles. The van der Waals surface area contributed by atoms with Crippen molar-refractivity contribution >= 4 is 0 Å². The molecule has 2 aromatic rings. The highest BCUT2D eigenvalue weighted by molar-refractivity contribution is 5.32. The third kappa shape index (κ3) is 2.11. The SMILES string of the molecule is Fc1cccc(-n2nnnc2C2CCCNC2)c1. The van der Waals surface area contributed by atoms with Gasteiger partial charge in [-0.05, 0) is 48.0 Å². The first-order valence-electron chi connectivity index (χ1n) is 6.09. The van der Waals surface area contributed by atoms with Gasteiger partial charge in [-0.2, -0.15) is 4.68 Å². The van der Waals surface area contributed by atoms with Gasteiger partial charge in [0.2, 0.25) is 0 Å². The van der Waals surface area contributed by atoms with Crippen LogP contribution in [0.2, 0.25) is 0 Å². The second-order valence-corrected chi connectivity index (χ2v) is 4.47. The maximum Gasteiger partial charge on any atom is 0.161 e. The molecule has 1 saturated heterocycles. The molecule has 18 heavy (non-hydrogen) atoms. The highest BCUT2D eigenvalue weighted by Gasteiger charge is 2.22. The summed E-state index contributed by atoms with van der Waals surface area (Å²) in [6.45, 7) is 1.91. The highest BCUT2D eigenvalue weighted by atomic mass is 19.1. The fraction of sp³-hybridized carbons (Fsp3) is 0.417. The zero-order chi connectivity index (χ0) is 12.4. The lowest BCUT2D eigenvalue weighted by Crippen LogP contribution is -2.30. The minimum Gasteiger partial charge on any atom is -0.316 e. The molecule has 1 aromatic carbocycles. The van der Waals surface area contributed by atoms with E-state index in [2.05, 4.69) is 20.8 Å². The van der Waals surface area contributed by atoms with Gasteiger partial charge in [0.1, 0.15) is 5.82 Å². The van der Waals surface area contributed by atoms with E-state index in [0.717, 1.165) is 31.8 Å². The molecule has 3 rings (SSSR count). The van der Waals surface area contributed by atoms with Crippen LogP contribution in [0.4, 0.5) is 4.39 Å². The number of nitrogens with zero attached hydrogens (tertiary/aromatic N) is 4. The van der Waals surface area contributed by atoms with E-state index in [1.54, 1.807) is 16.8 Å². The van der Waals surface area contributed by atoms with Crippen molar-refractivity contribution in [2.75, 3.05) is 13.1 Å². The number of benzene rings is 1. The Morgan fingerprint density at radius 3 is 3.11 bits per heavy atom. The number of tetrazole rings is 1. The first kappa shape index (κ1) is 11.3. The van der Waals surface area contributed by atoms with Crippen molar-refractivity contribution in [2.45, 2.75) is 18.8 Å². The fourth-order valence-corrected chi connectivity index (χ4v) is 2.31. The van der Waals surface area contributed by atoms with Gasteiger partial charge in [-0.1, -0.05) is 6.07 Å². The van der Waals surface area contributed by atoms with Crippen LogP contribution >= 0.6 is 0 Å². The summed E-state index contributed by atoms with van der Waals surface area (Å²) >= 11 is 0. The number of rotatable bonds is 2. The Morgan fingerprint density at radius 2 is 2.33 bits per heavy atom. The van der Waals surface area contributed by atoms with Crippen molar-refractivity contribution in [1.82, 2.24) is 25.5 Å². The van der Waals surface area contributed by atoms with Gasteiger partial charge in [-0.3, -0.25) is 0 Å². The average molecular weight is 247 g/mol. The molecule has 0 radical (unpaired) electrons. The van der Waals surface area contributed by atoms with Crippen LogP contribution in [0.15, 0.2) is 24.3 Å². The van der Waals surface area contributed by atoms with E-state index in [4.69, 9.17) is 0 Å². The van der Waals surface area contributed by atoms with Crippen LogP contribution in [0.5, 0.6) is 0 Å². The predicted molar refractivity (Wildman–Crippen MR) is 64.0 cm³/mol. The third-order valence-corrected chi connectivity index (χ3v) is 3.21. The summed E-state index contributed by atoms with van der Waals surface area (Å²) in [6.07, 6.45) is 2.17. The summed E-state index contributed by atoms with van der Waals surface area (Å²) in [5.74, 6) is 0.806. The van der Waals surface area contributed by atoms with E-state index in [1.165, 1.54) is 12.1 Å². The summed E-state index contributed by atoms with van der Waals surface area (Å²) in [6, 6.07) is 6.32. The Hall–Kier alpha value is -1.82. The molecule has 0 amide bonds. The van der Waals surface area contributed by atoms with Crippen molar-refractivity contribution in [1.29, 1.82) is 0 Å². The van der Waals surface area contributed by atoms with Crippen LogP contribution in [-0.2, 0) is 0 Å². The molecule has 1 N–H and O–H groups in total. The summed E-state index contributed by atoms with van der Waals surface area (Å²) in [5, 5.41) is 15.1. The monoisotopic (exact) mass is 247 g/mol. The molecular formula is C12H14FN5. The first-order valence-corrected chi connectivity index (χ1v) is 6.09. The minimum absolute atomic E-state index is 0.282. The lowest BCUT2D eigenvalue weighted by atomic mass is 9.99. The van der Waals surface area contributed by atoms with Gasteiger partial charge in [0, 0.05) is 12.5 Å². The van der Waals surface area contributed by atoms with Crippen molar-refractivity contribution in [3.05, 3.63) is 35.9 Å². The van der Waals surface area contributed by atoms with Crippen molar-refractivity contribution in [3.8, 4) is 5.69 Å². The predicted octanol–water partition coefficient (Wildman–Crippen LogP) is 1.27. The Bertz CT molecular complexity index is 533. The molecule has 1 aromatic heterocycles. The first-order chi connectivity index (χ1) is 8.84. The van der Waals surface area contributed by atoms with Crippen LogP contribution in [-0.4, -0.2) is 33.3 Å². The molecule has 6 heteroatoms. The fourth-order valence-electron chi connectivity index (χ4n) is 2.31. The zero-order valence-electron chi connectivity index (χ0n) is 9.88. The third-order valence-electron chi connectivity index (χ3n) is 3.21. The van der Waals surface area contributed by atoms with Gasteiger partial charge in [0.15, 0.2) is 5.82 Å². The van der Waals surface area contributed by atoms with Crippen molar-refractivity contribution in [3.63, 3.8) is 0 Å². The minimum atomic E-state index is -0.282. The molecule has 0 aliphatic carbocycles. The van der Waals surface area contributed by atoms with Crippen molar-refractivity contribution in [2.24, 2.45) is 0 Å². The van der Waals surface area contributed by atoms with Crippen LogP contribution in [0, 0.1) is 5.82 Å². The Kier molecular flexibility index (Phi) is 3.02. The molecule has 94 valence electrons. The Balaban J connectivity index is 1.95. The molecule has 1 atom stereocenters. The molecule has 1 fully saturated rings. The van der Waals surface area contributed by atoms with Gasteiger partial charge < -0.3 is 5.32 Å². The van der Waals surface area contributed by atoms with Crippen molar-refractivity contribution < 1.29 is 4.39 Å². The largest absolute Gasteiger partial charge is 0.316 e. The van der Waals surface area contributed by atoms with Gasteiger partial charge in [-0.15, -0.1) is 5.10 Å². The molecular weight excluding hydrogens is 233 g/mol. The number of nitrogens with one attached hydrogen (secondary N) is 1. The maximum atomic E-state index is 13.2. The smallest absolute Gasteiger partial charge is 0.161 e. The van der Waals surface area contributed by atoms with E-state index in [-0.39, 0.29) is 11.7 Å². The number of halogens is 1. The lowest BCUT2D eigenvalue weighted by Gasteiger charge is -2.21. The Morgan fingerprint density at radius 1 is 1.39 bits per heavy atom. The van der Waals surface area contributed by atoms with E-state index >= 15 is 0 Å². The van der Waals surface area contributed by atoms with Gasteiger partial charge in [-0.25, -0.2) is 4.39 Å². The average Bonchev–Trinajstić information content (AvgIpc) is 2.89. The summed E-state index contributed by atoms with van der Waals surface area (Å²) in [5.41, 5.74) is 0.667. The van der Waals surface area contributed by atoms with Crippen LogP contribution in [0.1, 0.15) is 24.6 Å². The maximum absolute atomic E-state index is 13.2. The van der Waals surface area contributed by atoms with Gasteiger partial charge in [0.25, 0.3) is 0 Å². The second kappa shape index (κ2) is 4.81. The molecule has 1 unspecified atom stereocenters. The summed E-state index contributed by atoms with van der Waals surface area (Å²) in [7, 11) is 0. The molecule has 1 aliphatic rings. The number of aromatic nitrogens is 4.